The number of aromatic nitrogens is 2. The summed E-state index contributed by atoms with van der Waals surface area (Å²) in [6.07, 6.45) is 2.98. The van der Waals surface area contributed by atoms with Gasteiger partial charge in [-0.2, -0.15) is 0 Å². The zero-order chi connectivity index (χ0) is 13.9. The largest absolute Gasteiger partial charge is 0.273 e. The molecule has 1 aromatic heterocycles. The smallest absolute Gasteiger partial charge is 0.247 e. The van der Waals surface area contributed by atoms with E-state index in [2.05, 4.69) is 9.71 Å². The van der Waals surface area contributed by atoms with Gasteiger partial charge in [0.25, 0.3) is 0 Å². The van der Waals surface area contributed by atoms with Gasteiger partial charge in [0, 0.05) is 12.4 Å². The lowest BCUT2D eigenvalue weighted by Gasteiger charge is -2.07. The second-order valence-electron chi connectivity index (χ2n) is 3.88. The van der Waals surface area contributed by atoms with E-state index in [1.165, 1.54) is 29.1 Å². The normalized spacial score (nSPS) is 11.4. The molecule has 0 amide bonds. The van der Waals surface area contributed by atoms with E-state index in [4.69, 9.17) is 0 Å². The van der Waals surface area contributed by atoms with Crippen molar-refractivity contribution < 1.29 is 13.2 Å². The van der Waals surface area contributed by atoms with Gasteiger partial charge in [0.2, 0.25) is 15.9 Å². The molecule has 0 saturated carbocycles. The van der Waals surface area contributed by atoms with Crippen LogP contribution in [0.15, 0.2) is 47.6 Å². The Kier molecular flexibility index (Phi) is 3.77. The van der Waals surface area contributed by atoms with Crippen molar-refractivity contribution >= 4 is 15.9 Å². The van der Waals surface area contributed by atoms with Gasteiger partial charge in [-0.05, 0) is 19.1 Å². The van der Waals surface area contributed by atoms with Gasteiger partial charge in [0.1, 0.15) is 5.82 Å². The number of imidazole rings is 1. The molecule has 100 valence electrons. The minimum atomic E-state index is -3.66. The van der Waals surface area contributed by atoms with Gasteiger partial charge in [0.15, 0.2) is 0 Å². The molecule has 0 fully saturated rings. The van der Waals surface area contributed by atoms with Crippen molar-refractivity contribution in [2.24, 2.45) is 0 Å². The fraction of sp³-hybridized carbons (Fsp3) is 0.167. The Morgan fingerprint density at radius 1 is 1.32 bits per heavy atom. The lowest BCUT2D eigenvalue weighted by atomic mass is 10.4. The number of nitrogens with zero attached hydrogens (tertiary/aromatic N) is 2. The number of hydrogen-bond acceptors (Lipinski definition) is 4. The summed E-state index contributed by atoms with van der Waals surface area (Å²) in [5.41, 5.74) is 0. The number of sulfonamides is 1. The predicted octanol–water partition coefficient (Wildman–Crippen LogP) is 0.810. The third kappa shape index (κ3) is 3.07. The number of nitrogens with one attached hydrogen (secondary N) is 1. The quantitative estimate of drug-likeness (QED) is 0.898. The van der Waals surface area contributed by atoms with Crippen LogP contribution in [0.2, 0.25) is 0 Å². The summed E-state index contributed by atoms with van der Waals surface area (Å²) in [7, 11) is -3.66. The van der Waals surface area contributed by atoms with Crippen molar-refractivity contribution in [3.8, 4) is 0 Å². The molecule has 0 aliphatic carbocycles. The van der Waals surface area contributed by atoms with Crippen molar-refractivity contribution in [3.05, 3.63) is 48.5 Å². The average molecular weight is 279 g/mol. The standard InChI is InChI=1S/C12H13N3O3S/c1-10-13-7-8-15(10)12(16)9-14-19(17,18)11-5-3-2-4-6-11/h2-8,14H,9H2,1H3. The highest BCUT2D eigenvalue weighted by atomic mass is 32.2. The number of carbonyl (C=O) groups excluding carboxylic acids is 1. The molecule has 2 rings (SSSR count). The van der Waals surface area contributed by atoms with Gasteiger partial charge in [-0.25, -0.2) is 18.1 Å². The van der Waals surface area contributed by atoms with Crippen molar-refractivity contribution in [3.63, 3.8) is 0 Å². The predicted molar refractivity (Wildman–Crippen MR) is 69.2 cm³/mol. The molecule has 0 aliphatic heterocycles. The minimum Gasteiger partial charge on any atom is -0.273 e. The molecule has 0 unspecified atom stereocenters. The summed E-state index contributed by atoms with van der Waals surface area (Å²) in [5.74, 6) is 0.137. The van der Waals surface area contributed by atoms with Gasteiger partial charge in [-0.15, -0.1) is 0 Å². The number of benzene rings is 1. The molecule has 0 bridgehead atoms. The van der Waals surface area contributed by atoms with Gasteiger partial charge in [-0.3, -0.25) is 9.36 Å². The molecule has 0 spiro atoms. The van der Waals surface area contributed by atoms with Crippen molar-refractivity contribution in [1.82, 2.24) is 14.3 Å². The molecule has 2 aromatic rings. The van der Waals surface area contributed by atoms with E-state index in [0.29, 0.717) is 5.82 Å². The number of aryl methyl sites for hydroxylation is 1. The van der Waals surface area contributed by atoms with E-state index in [-0.39, 0.29) is 17.3 Å². The Bertz CT molecular complexity index is 677. The second-order valence-corrected chi connectivity index (χ2v) is 5.64. The molecule has 0 saturated heterocycles. The third-order valence-electron chi connectivity index (χ3n) is 2.56. The zero-order valence-corrected chi connectivity index (χ0v) is 11.1. The summed E-state index contributed by atoms with van der Waals surface area (Å²) in [4.78, 5) is 15.8. The molecule has 7 heteroatoms. The molecule has 0 atom stereocenters. The van der Waals surface area contributed by atoms with Gasteiger partial charge < -0.3 is 0 Å². The monoisotopic (exact) mass is 279 g/mol. The fourth-order valence-electron chi connectivity index (χ4n) is 1.57. The van der Waals surface area contributed by atoms with E-state index in [1.54, 1.807) is 25.1 Å². The van der Waals surface area contributed by atoms with Crippen LogP contribution in [0.1, 0.15) is 10.6 Å². The Morgan fingerprint density at radius 2 is 2.00 bits per heavy atom. The Balaban J connectivity index is 2.07. The molecule has 19 heavy (non-hydrogen) atoms. The maximum absolute atomic E-state index is 11.9. The highest BCUT2D eigenvalue weighted by Crippen LogP contribution is 2.06. The molecule has 0 aliphatic rings. The van der Waals surface area contributed by atoms with Gasteiger partial charge >= 0.3 is 0 Å². The summed E-state index contributed by atoms with van der Waals surface area (Å²) >= 11 is 0. The molecule has 1 aromatic carbocycles. The molecular weight excluding hydrogens is 266 g/mol. The average Bonchev–Trinajstić information content (AvgIpc) is 2.83. The Hall–Kier alpha value is -1.99. The zero-order valence-electron chi connectivity index (χ0n) is 10.3. The minimum absolute atomic E-state index is 0.130. The third-order valence-corrected chi connectivity index (χ3v) is 3.98. The van der Waals surface area contributed by atoms with Crippen LogP contribution in [0.4, 0.5) is 0 Å². The number of hydrogen-bond donors (Lipinski definition) is 1. The first kappa shape index (κ1) is 13.4. The van der Waals surface area contributed by atoms with Crippen LogP contribution >= 0.6 is 0 Å². The van der Waals surface area contributed by atoms with Crippen molar-refractivity contribution in [1.29, 1.82) is 0 Å². The van der Waals surface area contributed by atoms with E-state index in [1.807, 2.05) is 0 Å². The second kappa shape index (κ2) is 5.33. The molecule has 1 heterocycles. The fourth-order valence-corrected chi connectivity index (χ4v) is 2.56. The molecular formula is C12H13N3O3S. The highest BCUT2D eigenvalue weighted by molar-refractivity contribution is 7.89. The topological polar surface area (TPSA) is 81.1 Å². The maximum Gasteiger partial charge on any atom is 0.247 e. The van der Waals surface area contributed by atoms with E-state index in [9.17, 15) is 13.2 Å². The number of rotatable bonds is 4. The molecule has 0 radical (unpaired) electrons. The SMILES string of the molecule is Cc1nccn1C(=O)CNS(=O)(=O)c1ccccc1. The Labute approximate surface area is 111 Å². The van der Waals surface area contributed by atoms with Gasteiger partial charge in [0.05, 0.1) is 11.4 Å². The summed E-state index contributed by atoms with van der Waals surface area (Å²) < 4.78 is 27.4. The van der Waals surface area contributed by atoms with E-state index >= 15 is 0 Å². The summed E-state index contributed by atoms with van der Waals surface area (Å²) in [6.45, 7) is 1.36. The van der Waals surface area contributed by atoms with E-state index < -0.39 is 10.0 Å². The van der Waals surface area contributed by atoms with Crippen LogP contribution in [0, 0.1) is 6.92 Å². The van der Waals surface area contributed by atoms with Crippen LogP contribution < -0.4 is 4.72 Å². The maximum atomic E-state index is 11.9. The van der Waals surface area contributed by atoms with Crippen LogP contribution in [0.25, 0.3) is 0 Å². The van der Waals surface area contributed by atoms with Crippen LogP contribution in [-0.4, -0.2) is 30.4 Å². The molecule has 1 N–H and O–H groups in total. The first-order valence-corrected chi connectivity index (χ1v) is 7.07. The first-order chi connectivity index (χ1) is 9.00. The lowest BCUT2D eigenvalue weighted by Crippen LogP contribution is -2.32. The summed E-state index contributed by atoms with van der Waals surface area (Å²) in [5, 5.41) is 0. The summed E-state index contributed by atoms with van der Waals surface area (Å²) in [6, 6.07) is 7.90. The molecule has 6 nitrogen and oxygen atoms in total. The van der Waals surface area contributed by atoms with Gasteiger partial charge in [-0.1, -0.05) is 18.2 Å². The van der Waals surface area contributed by atoms with E-state index in [0.717, 1.165) is 0 Å². The lowest BCUT2D eigenvalue weighted by molar-refractivity contribution is 0.0916. The van der Waals surface area contributed by atoms with Crippen LogP contribution in [0.5, 0.6) is 0 Å². The van der Waals surface area contributed by atoms with Crippen LogP contribution in [0.3, 0.4) is 0 Å². The first-order valence-electron chi connectivity index (χ1n) is 5.58. The number of carbonyl (C=O) groups is 1. The highest BCUT2D eigenvalue weighted by Gasteiger charge is 2.16. The van der Waals surface area contributed by atoms with Crippen molar-refractivity contribution in [2.45, 2.75) is 11.8 Å². The van der Waals surface area contributed by atoms with Crippen molar-refractivity contribution in [2.75, 3.05) is 6.54 Å². The Morgan fingerprint density at radius 3 is 2.58 bits per heavy atom. The van der Waals surface area contributed by atoms with Crippen LogP contribution in [-0.2, 0) is 10.0 Å².